The number of para-hydroxylation sites is 1. The SMILES string of the molecule is C[C@@](N)(Cc1cn(C(=O)OC2C3CC4CC(C3)CC2C4)c2ccccc12)C(=O)NC[C@H](NC(=O)CCC(=O)O)c1ccccc1. The zero-order valence-corrected chi connectivity index (χ0v) is 25.6. The molecule has 2 aromatic carbocycles. The minimum Gasteiger partial charge on any atom is -0.481 e. The molecular formula is C35H42N4O6. The van der Waals surface area contributed by atoms with E-state index in [-0.39, 0.29) is 38.0 Å². The van der Waals surface area contributed by atoms with Crippen LogP contribution in [0.25, 0.3) is 10.9 Å². The molecule has 5 N–H and O–H groups in total. The van der Waals surface area contributed by atoms with E-state index in [9.17, 15) is 19.2 Å². The van der Waals surface area contributed by atoms with Crippen molar-refractivity contribution in [3.8, 4) is 0 Å². The van der Waals surface area contributed by atoms with Gasteiger partial charge in [0.1, 0.15) is 6.10 Å². The van der Waals surface area contributed by atoms with Gasteiger partial charge in [-0.3, -0.25) is 19.0 Å². The normalized spacial score (nSPS) is 25.3. The fourth-order valence-corrected chi connectivity index (χ4v) is 8.08. The number of nitrogens with one attached hydrogen (secondary N) is 2. The molecule has 0 aliphatic heterocycles. The molecule has 2 atom stereocenters. The topological polar surface area (TPSA) is 153 Å². The Kier molecular flexibility index (Phi) is 8.68. The zero-order valence-electron chi connectivity index (χ0n) is 25.6. The number of fused-ring (bicyclic) bond motifs is 1. The van der Waals surface area contributed by atoms with Crippen molar-refractivity contribution in [3.05, 3.63) is 71.9 Å². The second kappa shape index (κ2) is 12.7. The molecule has 1 heterocycles. The Hall–Kier alpha value is -4.18. The summed E-state index contributed by atoms with van der Waals surface area (Å²) in [5, 5.41) is 15.5. The number of carboxylic acids is 1. The quantitative estimate of drug-likeness (QED) is 0.247. The van der Waals surface area contributed by atoms with E-state index in [1.165, 1.54) is 6.42 Å². The maximum absolute atomic E-state index is 13.6. The van der Waals surface area contributed by atoms with E-state index in [0.717, 1.165) is 54.0 Å². The molecule has 0 unspecified atom stereocenters. The average Bonchev–Trinajstić information content (AvgIpc) is 3.37. The number of aliphatic carboxylic acids is 1. The van der Waals surface area contributed by atoms with Crippen LogP contribution in [0.1, 0.15) is 69.0 Å². The molecule has 4 saturated carbocycles. The first-order valence-corrected chi connectivity index (χ1v) is 16.0. The molecular weight excluding hydrogens is 572 g/mol. The molecule has 0 radical (unpaired) electrons. The fraction of sp³-hybridized carbons (Fsp3) is 0.486. The molecule has 45 heavy (non-hydrogen) atoms. The molecule has 1 aromatic heterocycles. The summed E-state index contributed by atoms with van der Waals surface area (Å²) in [5.41, 5.74) is 7.51. The smallest absolute Gasteiger partial charge is 0.418 e. The highest BCUT2D eigenvalue weighted by molar-refractivity contribution is 5.93. The number of hydrogen-bond acceptors (Lipinski definition) is 6. The zero-order chi connectivity index (χ0) is 31.7. The number of aromatic nitrogens is 1. The van der Waals surface area contributed by atoms with Crippen molar-refractivity contribution in [2.75, 3.05) is 6.54 Å². The average molecular weight is 615 g/mol. The Bertz CT molecular complexity index is 1550. The van der Waals surface area contributed by atoms with Crippen molar-refractivity contribution in [1.82, 2.24) is 15.2 Å². The van der Waals surface area contributed by atoms with Crippen LogP contribution < -0.4 is 16.4 Å². The molecule has 238 valence electrons. The Morgan fingerprint density at radius 1 is 0.956 bits per heavy atom. The number of hydrogen-bond donors (Lipinski definition) is 4. The van der Waals surface area contributed by atoms with Gasteiger partial charge in [-0.2, -0.15) is 0 Å². The van der Waals surface area contributed by atoms with Gasteiger partial charge in [0.2, 0.25) is 11.8 Å². The minimum atomic E-state index is -1.34. The van der Waals surface area contributed by atoms with Crippen LogP contribution in [0.2, 0.25) is 0 Å². The molecule has 7 rings (SSSR count). The number of benzene rings is 2. The van der Waals surface area contributed by atoms with Gasteiger partial charge in [-0.15, -0.1) is 0 Å². The van der Waals surface area contributed by atoms with Gasteiger partial charge in [0, 0.05) is 31.0 Å². The van der Waals surface area contributed by atoms with E-state index < -0.39 is 29.4 Å². The number of ether oxygens (including phenoxy) is 1. The number of amides is 2. The Morgan fingerprint density at radius 3 is 2.27 bits per heavy atom. The number of rotatable bonds is 11. The van der Waals surface area contributed by atoms with E-state index in [1.807, 2.05) is 54.6 Å². The van der Waals surface area contributed by atoms with Crippen LogP contribution >= 0.6 is 0 Å². The number of carboxylic acid groups (broad SMARTS) is 1. The molecule has 4 aliphatic carbocycles. The number of nitrogens with two attached hydrogens (primary N) is 1. The summed E-state index contributed by atoms with van der Waals surface area (Å²) in [4.78, 5) is 50.4. The molecule has 4 fully saturated rings. The largest absolute Gasteiger partial charge is 0.481 e. The predicted molar refractivity (Wildman–Crippen MR) is 168 cm³/mol. The highest BCUT2D eigenvalue weighted by Crippen LogP contribution is 2.54. The van der Waals surface area contributed by atoms with Crippen molar-refractivity contribution >= 4 is 34.8 Å². The summed E-state index contributed by atoms with van der Waals surface area (Å²) in [5.74, 6) is 0.557. The second-order valence-electron chi connectivity index (χ2n) is 13.5. The lowest BCUT2D eigenvalue weighted by Crippen LogP contribution is -2.54. The van der Waals surface area contributed by atoms with Crippen LogP contribution in [0, 0.1) is 23.7 Å². The summed E-state index contributed by atoms with van der Waals surface area (Å²) in [6, 6.07) is 16.1. The molecule has 0 spiro atoms. The van der Waals surface area contributed by atoms with Gasteiger partial charge in [0.05, 0.1) is 23.5 Å². The summed E-state index contributed by atoms with van der Waals surface area (Å²) in [6.07, 6.45) is 6.97. The second-order valence-corrected chi connectivity index (χ2v) is 13.5. The number of carbonyl (C=O) groups excluding carboxylic acids is 3. The highest BCUT2D eigenvalue weighted by Gasteiger charge is 2.50. The Labute approximate surface area is 262 Å². The maximum atomic E-state index is 13.6. The van der Waals surface area contributed by atoms with E-state index in [2.05, 4.69) is 10.6 Å². The summed E-state index contributed by atoms with van der Waals surface area (Å²) < 4.78 is 7.79. The van der Waals surface area contributed by atoms with Crippen molar-refractivity contribution < 1.29 is 29.0 Å². The van der Waals surface area contributed by atoms with Gasteiger partial charge in [-0.1, -0.05) is 48.5 Å². The van der Waals surface area contributed by atoms with Gasteiger partial charge in [0.15, 0.2) is 0 Å². The van der Waals surface area contributed by atoms with Gasteiger partial charge in [-0.25, -0.2) is 4.79 Å². The summed E-state index contributed by atoms with van der Waals surface area (Å²) in [6.45, 7) is 1.71. The third-order valence-electron chi connectivity index (χ3n) is 10.0. The van der Waals surface area contributed by atoms with E-state index in [4.69, 9.17) is 15.6 Å². The standard InChI is InChI=1S/C35H42N4O6/c1-35(36,33(43)37-19-28(23-7-3-2-4-8-23)38-30(40)11-12-31(41)42)18-26-20-39(29-10-6-5-9-27(26)29)34(44)45-32-24-14-21-13-22(16-24)17-25(32)15-21/h2-10,20-22,24-25,28,32H,11-19,36H2,1H3,(H,37,43)(H,38,40)(H,41,42)/t21?,22?,24?,25?,28-,32?,35+/m0/s1. The minimum absolute atomic E-state index is 0.0392. The van der Waals surface area contributed by atoms with E-state index in [0.29, 0.717) is 17.4 Å². The van der Waals surface area contributed by atoms with Gasteiger partial charge < -0.3 is 26.2 Å². The van der Waals surface area contributed by atoms with Crippen LogP contribution in [-0.2, 0) is 25.5 Å². The van der Waals surface area contributed by atoms with Gasteiger partial charge in [-0.05, 0) is 79.9 Å². The number of carbonyl (C=O) groups is 4. The van der Waals surface area contributed by atoms with Crippen LogP contribution in [0.5, 0.6) is 0 Å². The van der Waals surface area contributed by atoms with Crippen molar-refractivity contribution in [2.24, 2.45) is 29.4 Å². The summed E-state index contributed by atoms with van der Waals surface area (Å²) >= 11 is 0. The lowest BCUT2D eigenvalue weighted by atomic mass is 9.55. The first-order chi connectivity index (χ1) is 21.6. The molecule has 10 heteroatoms. The predicted octanol–water partition coefficient (Wildman–Crippen LogP) is 4.55. The molecule has 4 bridgehead atoms. The number of nitrogens with zero attached hydrogens (tertiary/aromatic N) is 1. The van der Waals surface area contributed by atoms with Gasteiger partial charge >= 0.3 is 12.1 Å². The molecule has 2 amide bonds. The first kappa shape index (κ1) is 30.8. The lowest BCUT2D eigenvalue weighted by Gasteiger charge is -2.53. The molecule has 4 aliphatic rings. The van der Waals surface area contributed by atoms with Crippen LogP contribution in [-0.4, -0.2) is 51.7 Å². The monoisotopic (exact) mass is 614 g/mol. The first-order valence-electron chi connectivity index (χ1n) is 16.0. The highest BCUT2D eigenvalue weighted by atomic mass is 16.6. The van der Waals surface area contributed by atoms with Crippen LogP contribution in [0.15, 0.2) is 60.8 Å². The van der Waals surface area contributed by atoms with Crippen molar-refractivity contribution in [3.63, 3.8) is 0 Å². The molecule has 10 nitrogen and oxygen atoms in total. The van der Waals surface area contributed by atoms with E-state index >= 15 is 0 Å². The maximum Gasteiger partial charge on any atom is 0.418 e. The third kappa shape index (κ3) is 6.76. The fourth-order valence-electron chi connectivity index (χ4n) is 8.08. The Balaban J connectivity index is 1.14. The van der Waals surface area contributed by atoms with E-state index in [1.54, 1.807) is 17.7 Å². The Morgan fingerprint density at radius 2 is 1.60 bits per heavy atom. The molecule has 3 aromatic rings. The van der Waals surface area contributed by atoms with Crippen LogP contribution in [0.3, 0.4) is 0 Å². The van der Waals surface area contributed by atoms with Gasteiger partial charge in [0.25, 0.3) is 0 Å². The molecule has 0 saturated heterocycles. The van der Waals surface area contributed by atoms with Crippen molar-refractivity contribution in [2.45, 2.75) is 76.0 Å². The third-order valence-corrected chi connectivity index (χ3v) is 10.0. The van der Waals surface area contributed by atoms with Crippen LogP contribution in [0.4, 0.5) is 4.79 Å². The lowest BCUT2D eigenvalue weighted by molar-refractivity contribution is -0.138. The summed E-state index contributed by atoms with van der Waals surface area (Å²) in [7, 11) is 0. The van der Waals surface area contributed by atoms with Crippen molar-refractivity contribution in [1.29, 1.82) is 0 Å².